The topological polar surface area (TPSA) is 23.9 Å². The molecule has 0 spiro atoms. The number of allylic oxidation sites excluding steroid dienone is 10. The molecule has 0 heterocycles. The van der Waals surface area contributed by atoms with Gasteiger partial charge in [-0.2, -0.15) is 0 Å². The van der Waals surface area contributed by atoms with Crippen molar-refractivity contribution in [3.63, 3.8) is 0 Å². The molecule has 1 nitrogen and oxygen atoms in total. The average Bonchev–Trinajstić information content (AvgIpc) is 2.49. The fraction of sp³-hybridized carbons (Fsp3) is 0.421. The molecule has 20 heavy (non-hydrogen) atoms. The molecule has 0 aromatic rings. The van der Waals surface area contributed by atoms with Gasteiger partial charge in [0.1, 0.15) is 0 Å². The van der Waals surface area contributed by atoms with Gasteiger partial charge in [0, 0.05) is 12.1 Å². The maximum Gasteiger partial charge on any atom is 0.0130 e. The molecule has 104 valence electrons. The predicted octanol–water partition coefficient (Wildman–Crippen LogP) is 5.43. The third kappa shape index (κ3) is 2.92. The van der Waals surface area contributed by atoms with Gasteiger partial charge in [-0.1, -0.05) is 36.0 Å². The second kappa shape index (κ2) is 5.78. The molecule has 0 fully saturated rings. The van der Waals surface area contributed by atoms with E-state index in [4.69, 9.17) is 5.41 Å². The van der Waals surface area contributed by atoms with Gasteiger partial charge in [0.2, 0.25) is 0 Å². The minimum atomic E-state index is 0.860. The van der Waals surface area contributed by atoms with Gasteiger partial charge in [-0.3, -0.25) is 0 Å². The predicted molar refractivity (Wildman–Crippen MR) is 86.1 cm³/mol. The zero-order valence-electron chi connectivity index (χ0n) is 12.3. The van der Waals surface area contributed by atoms with Crippen molar-refractivity contribution in [3.05, 3.63) is 58.2 Å². The molecule has 1 N–H and O–H groups in total. The summed E-state index contributed by atoms with van der Waals surface area (Å²) < 4.78 is 0. The molecule has 0 bridgehead atoms. The summed E-state index contributed by atoms with van der Waals surface area (Å²) in [7, 11) is 0. The molecule has 1 heteroatoms. The Kier molecular flexibility index (Phi) is 3.86. The quantitative estimate of drug-likeness (QED) is 0.688. The summed E-state index contributed by atoms with van der Waals surface area (Å²) in [6.07, 6.45) is 19.2. The van der Waals surface area contributed by atoms with Gasteiger partial charge in [-0.05, 0) is 67.7 Å². The standard InChI is InChI=1S/C19H23N/c1-14-2-4-15(5-3-14)16-6-8-17(9-7-16)18-10-12-19(20)13-11-18/h2,4,6,8,10,20H,3,5,7,9,11-13H2,1H3. The van der Waals surface area contributed by atoms with Crippen LogP contribution in [0.5, 0.6) is 0 Å². The van der Waals surface area contributed by atoms with E-state index in [1.807, 2.05) is 0 Å². The van der Waals surface area contributed by atoms with Crippen molar-refractivity contribution in [2.24, 2.45) is 0 Å². The van der Waals surface area contributed by atoms with Crippen molar-refractivity contribution in [2.45, 2.75) is 51.9 Å². The highest BCUT2D eigenvalue weighted by molar-refractivity contribution is 5.84. The summed E-state index contributed by atoms with van der Waals surface area (Å²) >= 11 is 0. The van der Waals surface area contributed by atoms with Crippen molar-refractivity contribution >= 4 is 5.71 Å². The Morgan fingerprint density at radius 3 is 1.75 bits per heavy atom. The van der Waals surface area contributed by atoms with Crippen molar-refractivity contribution in [3.8, 4) is 0 Å². The normalized spacial score (nSPS) is 23.4. The molecular weight excluding hydrogens is 242 g/mol. The maximum absolute atomic E-state index is 7.69. The second-order valence-electron chi connectivity index (χ2n) is 6.13. The van der Waals surface area contributed by atoms with Gasteiger partial charge < -0.3 is 5.41 Å². The lowest BCUT2D eigenvalue weighted by Crippen LogP contribution is -2.06. The molecule has 3 aliphatic rings. The van der Waals surface area contributed by atoms with Crippen LogP contribution in [0.2, 0.25) is 0 Å². The molecule has 0 radical (unpaired) electrons. The first-order valence-corrected chi connectivity index (χ1v) is 7.74. The second-order valence-corrected chi connectivity index (χ2v) is 6.13. The molecular formula is C19H23N. The van der Waals surface area contributed by atoms with E-state index in [2.05, 4.69) is 37.3 Å². The molecule has 0 amide bonds. The molecule has 3 rings (SSSR count). The van der Waals surface area contributed by atoms with Gasteiger partial charge >= 0.3 is 0 Å². The molecule has 0 aromatic heterocycles. The lowest BCUT2D eigenvalue weighted by Gasteiger charge is -2.22. The molecule has 0 saturated carbocycles. The Labute approximate surface area is 122 Å². The first-order valence-electron chi connectivity index (χ1n) is 7.74. The summed E-state index contributed by atoms with van der Waals surface area (Å²) in [5.41, 5.74) is 8.44. The van der Waals surface area contributed by atoms with E-state index in [1.54, 1.807) is 0 Å². The Morgan fingerprint density at radius 1 is 0.700 bits per heavy atom. The molecule has 0 unspecified atom stereocenters. The summed E-state index contributed by atoms with van der Waals surface area (Å²) in [5.74, 6) is 0. The summed E-state index contributed by atoms with van der Waals surface area (Å²) in [5, 5.41) is 7.69. The first-order chi connectivity index (χ1) is 9.72. The van der Waals surface area contributed by atoms with Crippen LogP contribution in [0.4, 0.5) is 0 Å². The van der Waals surface area contributed by atoms with Crippen LogP contribution >= 0.6 is 0 Å². The van der Waals surface area contributed by atoms with E-state index < -0.39 is 0 Å². The van der Waals surface area contributed by atoms with Crippen molar-refractivity contribution in [1.82, 2.24) is 0 Å². The van der Waals surface area contributed by atoms with E-state index in [0.29, 0.717) is 0 Å². The fourth-order valence-electron chi connectivity index (χ4n) is 3.21. The van der Waals surface area contributed by atoms with Crippen molar-refractivity contribution in [2.75, 3.05) is 0 Å². The highest BCUT2D eigenvalue weighted by atomic mass is 14.4. The molecule has 0 aromatic carbocycles. The van der Waals surface area contributed by atoms with Crippen LogP contribution < -0.4 is 0 Å². The van der Waals surface area contributed by atoms with Crippen LogP contribution in [0.25, 0.3) is 0 Å². The van der Waals surface area contributed by atoms with Crippen LogP contribution in [0, 0.1) is 5.41 Å². The molecule has 3 aliphatic carbocycles. The lowest BCUT2D eigenvalue weighted by molar-refractivity contribution is 0.836. The van der Waals surface area contributed by atoms with Crippen LogP contribution in [0.15, 0.2) is 58.2 Å². The van der Waals surface area contributed by atoms with Crippen LogP contribution in [-0.2, 0) is 0 Å². The van der Waals surface area contributed by atoms with Gasteiger partial charge in [0.05, 0.1) is 0 Å². The highest BCUT2D eigenvalue weighted by Gasteiger charge is 2.16. The van der Waals surface area contributed by atoms with Gasteiger partial charge in [-0.15, -0.1) is 0 Å². The number of hydrogen-bond donors (Lipinski definition) is 1. The lowest BCUT2D eigenvalue weighted by atomic mass is 9.83. The molecule has 0 saturated heterocycles. The zero-order chi connectivity index (χ0) is 13.9. The Morgan fingerprint density at radius 2 is 1.25 bits per heavy atom. The number of rotatable bonds is 2. The smallest absolute Gasteiger partial charge is 0.0130 e. The zero-order valence-corrected chi connectivity index (χ0v) is 12.3. The Balaban J connectivity index is 1.75. The Bertz CT molecular complexity index is 579. The van der Waals surface area contributed by atoms with E-state index in [-0.39, 0.29) is 0 Å². The largest absolute Gasteiger partial charge is 0.309 e. The third-order valence-electron chi connectivity index (χ3n) is 4.62. The van der Waals surface area contributed by atoms with E-state index >= 15 is 0 Å². The third-order valence-corrected chi connectivity index (χ3v) is 4.62. The van der Waals surface area contributed by atoms with Crippen LogP contribution in [-0.4, -0.2) is 5.71 Å². The van der Waals surface area contributed by atoms with Crippen LogP contribution in [0.3, 0.4) is 0 Å². The average molecular weight is 265 g/mol. The minimum absolute atomic E-state index is 0.860. The van der Waals surface area contributed by atoms with E-state index in [9.17, 15) is 0 Å². The highest BCUT2D eigenvalue weighted by Crippen LogP contribution is 2.34. The monoisotopic (exact) mass is 265 g/mol. The summed E-state index contributed by atoms with van der Waals surface area (Å²) in [4.78, 5) is 0. The van der Waals surface area contributed by atoms with Gasteiger partial charge in [0.25, 0.3) is 0 Å². The fourth-order valence-corrected chi connectivity index (χ4v) is 3.21. The van der Waals surface area contributed by atoms with Crippen molar-refractivity contribution < 1.29 is 0 Å². The number of hydrogen-bond acceptors (Lipinski definition) is 1. The van der Waals surface area contributed by atoms with Gasteiger partial charge in [-0.25, -0.2) is 0 Å². The van der Waals surface area contributed by atoms with Gasteiger partial charge in [0.15, 0.2) is 0 Å². The SMILES string of the molecule is CC1=CC=C(C2=CC=C(C3=CCC(=N)CC3)CC2)CC1. The Hall–Kier alpha value is -1.63. The molecule has 0 aliphatic heterocycles. The van der Waals surface area contributed by atoms with Crippen molar-refractivity contribution in [1.29, 1.82) is 5.41 Å². The summed E-state index contributed by atoms with van der Waals surface area (Å²) in [6, 6.07) is 0. The van der Waals surface area contributed by atoms with E-state index in [0.717, 1.165) is 25.0 Å². The minimum Gasteiger partial charge on any atom is -0.309 e. The molecule has 0 atom stereocenters. The maximum atomic E-state index is 7.69. The van der Waals surface area contributed by atoms with E-state index in [1.165, 1.54) is 53.5 Å². The van der Waals surface area contributed by atoms with Crippen LogP contribution in [0.1, 0.15) is 51.9 Å². The summed E-state index contributed by atoms with van der Waals surface area (Å²) in [6.45, 7) is 2.22. The first kappa shape index (κ1) is 13.4. The number of nitrogens with one attached hydrogen (secondary N) is 1.